The summed E-state index contributed by atoms with van der Waals surface area (Å²) < 4.78 is 12.8. The number of nitrogens with zero attached hydrogens (tertiary/aromatic N) is 3. The first kappa shape index (κ1) is 15.2. The van der Waals surface area contributed by atoms with Crippen LogP contribution in [0.4, 0.5) is 16.2 Å². The molecule has 0 unspecified atom stereocenters. The molecule has 0 aliphatic heterocycles. The molecule has 112 valence electrons. The van der Waals surface area contributed by atoms with Gasteiger partial charge in [-0.1, -0.05) is 12.1 Å². The maximum absolute atomic E-state index is 12.8. The molecule has 0 bridgehead atoms. The summed E-state index contributed by atoms with van der Waals surface area (Å²) in [5.41, 5.74) is 1.10. The molecule has 0 amide bonds. The number of aromatic nitrogens is 2. The van der Waals surface area contributed by atoms with E-state index in [-0.39, 0.29) is 5.82 Å². The Balaban J connectivity index is 1.91. The minimum absolute atomic E-state index is 0.202. The van der Waals surface area contributed by atoms with Gasteiger partial charge in [0.2, 0.25) is 5.95 Å². The Kier molecular flexibility index (Phi) is 5.49. The molecular formula is C16H21FN4. The average Bonchev–Trinajstić information content (AvgIpc) is 2.51. The van der Waals surface area contributed by atoms with E-state index in [0.29, 0.717) is 0 Å². The third kappa shape index (κ3) is 4.41. The summed E-state index contributed by atoms with van der Waals surface area (Å²) in [6, 6.07) is 8.44. The van der Waals surface area contributed by atoms with Crippen molar-refractivity contribution in [3.05, 3.63) is 47.9 Å². The van der Waals surface area contributed by atoms with Crippen molar-refractivity contribution in [1.82, 2.24) is 9.97 Å². The van der Waals surface area contributed by atoms with Crippen molar-refractivity contribution in [1.29, 1.82) is 0 Å². The molecule has 0 fully saturated rings. The zero-order valence-corrected chi connectivity index (χ0v) is 12.5. The predicted octanol–water partition coefficient (Wildman–Crippen LogP) is 3.12. The highest BCUT2D eigenvalue weighted by Crippen LogP contribution is 2.11. The monoisotopic (exact) mass is 288 g/mol. The van der Waals surface area contributed by atoms with Crippen LogP contribution in [0.3, 0.4) is 0 Å². The highest BCUT2D eigenvalue weighted by molar-refractivity contribution is 5.41. The molecule has 1 aromatic carbocycles. The fraction of sp³-hybridized carbons (Fsp3) is 0.375. The quantitative estimate of drug-likeness (QED) is 0.850. The largest absolute Gasteiger partial charge is 0.370 e. The molecule has 1 aromatic heterocycles. The Morgan fingerprint density at radius 3 is 2.48 bits per heavy atom. The molecule has 1 N–H and O–H groups in total. The minimum atomic E-state index is -0.202. The van der Waals surface area contributed by atoms with Crippen molar-refractivity contribution in [3.8, 4) is 0 Å². The molecule has 2 rings (SSSR count). The summed E-state index contributed by atoms with van der Waals surface area (Å²) in [6.45, 7) is 6.69. The zero-order valence-electron chi connectivity index (χ0n) is 12.5. The van der Waals surface area contributed by atoms with Gasteiger partial charge in [0.05, 0.1) is 0 Å². The second kappa shape index (κ2) is 7.57. The Labute approximate surface area is 125 Å². The van der Waals surface area contributed by atoms with Crippen LogP contribution < -0.4 is 10.2 Å². The number of hydrogen-bond donors (Lipinski definition) is 1. The molecule has 0 saturated carbocycles. The van der Waals surface area contributed by atoms with Crippen molar-refractivity contribution in [2.24, 2.45) is 0 Å². The summed E-state index contributed by atoms with van der Waals surface area (Å²) in [4.78, 5) is 10.9. The van der Waals surface area contributed by atoms with E-state index in [9.17, 15) is 4.39 Å². The third-order valence-corrected chi connectivity index (χ3v) is 3.32. The first-order valence-corrected chi connectivity index (χ1v) is 7.29. The van der Waals surface area contributed by atoms with E-state index in [4.69, 9.17) is 0 Å². The zero-order chi connectivity index (χ0) is 15.1. The number of benzene rings is 1. The highest BCUT2D eigenvalue weighted by atomic mass is 19.1. The van der Waals surface area contributed by atoms with Crippen LogP contribution in [0, 0.1) is 5.82 Å². The van der Waals surface area contributed by atoms with Crippen LogP contribution >= 0.6 is 0 Å². The van der Waals surface area contributed by atoms with Crippen LogP contribution in [0.25, 0.3) is 0 Å². The molecule has 0 radical (unpaired) electrons. The van der Waals surface area contributed by atoms with Gasteiger partial charge in [-0.3, -0.25) is 0 Å². The van der Waals surface area contributed by atoms with Crippen LogP contribution in [0.5, 0.6) is 0 Å². The molecule has 2 aromatic rings. The summed E-state index contributed by atoms with van der Waals surface area (Å²) in [7, 11) is 0. The van der Waals surface area contributed by atoms with Gasteiger partial charge in [-0.25, -0.2) is 9.37 Å². The van der Waals surface area contributed by atoms with Gasteiger partial charge >= 0.3 is 0 Å². The molecule has 0 aliphatic carbocycles. The fourth-order valence-electron chi connectivity index (χ4n) is 2.09. The van der Waals surface area contributed by atoms with E-state index in [1.165, 1.54) is 12.1 Å². The molecule has 0 aliphatic rings. The third-order valence-electron chi connectivity index (χ3n) is 3.32. The first-order chi connectivity index (χ1) is 10.2. The minimum Gasteiger partial charge on any atom is -0.370 e. The van der Waals surface area contributed by atoms with Gasteiger partial charge in [0.1, 0.15) is 11.6 Å². The molecular weight excluding hydrogens is 267 g/mol. The summed E-state index contributed by atoms with van der Waals surface area (Å²) in [6.07, 6.45) is 2.59. The van der Waals surface area contributed by atoms with Crippen molar-refractivity contribution < 1.29 is 4.39 Å². The second-order valence-electron chi connectivity index (χ2n) is 4.72. The maximum atomic E-state index is 12.8. The van der Waals surface area contributed by atoms with Crippen LogP contribution in [0.2, 0.25) is 0 Å². The number of halogens is 1. The van der Waals surface area contributed by atoms with Crippen molar-refractivity contribution >= 4 is 11.8 Å². The van der Waals surface area contributed by atoms with Crippen LogP contribution in [-0.4, -0.2) is 29.6 Å². The molecule has 21 heavy (non-hydrogen) atoms. The second-order valence-corrected chi connectivity index (χ2v) is 4.72. The van der Waals surface area contributed by atoms with E-state index in [0.717, 1.165) is 43.4 Å². The van der Waals surface area contributed by atoms with Gasteiger partial charge in [-0.05, 0) is 44.0 Å². The summed E-state index contributed by atoms with van der Waals surface area (Å²) in [5.74, 6) is 1.35. The summed E-state index contributed by atoms with van der Waals surface area (Å²) >= 11 is 0. The summed E-state index contributed by atoms with van der Waals surface area (Å²) in [5, 5.41) is 3.28. The normalized spacial score (nSPS) is 10.4. The van der Waals surface area contributed by atoms with E-state index < -0.39 is 0 Å². The fourth-order valence-corrected chi connectivity index (χ4v) is 2.09. The predicted molar refractivity (Wildman–Crippen MR) is 84.2 cm³/mol. The molecule has 5 heteroatoms. The van der Waals surface area contributed by atoms with Crippen molar-refractivity contribution in [2.45, 2.75) is 20.3 Å². The van der Waals surface area contributed by atoms with Gasteiger partial charge in [0.25, 0.3) is 0 Å². The van der Waals surface area contributed by atoms with Gasteiger partial charge in [-0.15, -0.1) is 0 Å². The number of rotatable bonds is 7. The molecule has 0 atom stereocenters. The topological polar surface area (TPSA) is 41.1 Å². The molecule has 0 saturated heterocycles. The standard InChI is InChI=1S/C16H21FN4/c1-3-21(4-2)16-19-12-10-15(20-16)18-11-9-13-5-7-14(17)8-6-13/h5-8,10,12H,3-4,9,11H2,1-2H3,(H,18,19,20). The lowest BCUT2D eigenvalue weighted by molar-refractivity contribution is 0.627. The lowest BCUT2D eigenvalue weighted by Crippen LogP contribution is -2.24. The smallest absolute Gasteiger partial charge is 0.227 e. The van der Waals surface area contributed by atoms with E-state index in [1.54, 1.807) is 18.3 Å². The lowest BCUT2D eigenvalue weighted by atomic mass is 10.1. The Bertz CT molecular complexity index is 552. The van der Waals surface area contributed by atoms with Gasteiger partial charge in [0.15, 0.2) is 0 Å². The van der Waals surface area contributed by atoms with Gasteiger partial charge in [-0.2, -0.15) is 4.98 Å². The van der Waals surface area contributed by atoms with E-state index in [1.807, 2.05) is 6.07 Å². The molecule has 1 heterocycles. The molecule has 0 spiro atoms. The number of nitrogens with one attached hydrogen (secondary N) is 1. The molecule has 4 nitrogen and oxygen atoms in total. The lowest BCUT2D eigenvalue weighted by Gasteiger charge is -2.18. The highest BCUT2D eigenvalue weighted by Gasteiger charge is 2.05. The Morgan fingerprint density at radius 1 is 1.10 bits per heavy atom. The average molecular weight is 288 g/mol. The van der Waals surface area contributed by atoms with Crippen LogP contribution in [0.15, 0.2) is 36.5 Å². The Hall–Kier alpha value is -2.17. The Morgan fingerprint density at radius 2 is 1.81 bits per heavy atom. The van der Waals surface area contributed by atoms with Crippen molar-refractivity contribution in [3.63, 3.8) is 0 Å². The first-order valence-electron chi connectivity index (χ1n) is 7.29. The maximum Gasteiger partial charge on any atom is 0.227 e. The van der Waals surface area contributed by atoms with Crippen molar-refractivity contribution in [2.75, 3.05) is 29.9 Å². The van der Waals surface area contributed by atoms with E-state index >= 15 is 0 Å². The van der Waals surface area contributed by atoms with Gasteiger partial charge < -0.3 is 10.2 Å². The number of hydrogen-bond acceptors (Lipinski definition) is 4. The van der Waals surface area contributed by atoms with Gasteiger partial charge in [0, 0.05) is 25.8 Å². The van der Waals surface area contributed by atoms with Crippen LogP contribution in [-0.2, 0) is 6.42 Å². The van der Waals surface area contributed by atoms with Crippen LogP contribution in [0.1, 0.15) is 19.4 Å². The number of anilines is 2. The van der Waals surface area contributed by atoms with E-state index in [2.05, 4.69) is 34.0 Å². The SMILES string of the molecule is CCN(CC)c1nccc(NCCc2ccc(F)cc2)n1.